The smallest absolute Gasteiger partial charge is 0.195 e. The Morgan fingerprint density at radius 3 is 2.49 bits per heavy atom. The van der Waals surface area contributed by atoms with Crippen molar-refractivity contribution in [3.8, 4) is 6.07 Å². The lowest BCUT2D eigenvalue weighted by molar-refractivity contribution is 0.0981. The van der Waals surface area contributed by atoms with E-state index in [9.17, 15) is 14.4 Å². The van der Waals surface area contributed by atoms with Gasteiger partial charge in [0.2, 0.25) is 0 Å². The molecule has 0 amide bonds. The van der Waals surface area contributed by atoms with E-state index in [1.807, 2.05) is 12.1 Å². The first kappa shape index (κ1) is 24.2. The van der Waals surface area contributed by atoms with Crippen molar-refractivity contribution in [3.63, 3.8) is 0 Å². The molecule has 1 aromatic heterocycles. The molecule has 5 nitrogen and oxygen atoms in total. The number of fused-ring (bicyclic) bond motifs is 4. The summed E-state index contributed by atoms with van der Waals surface area (Å²) in [5.41, 5.74) is 7.05. The van der Waals surface area contributed by atoms with Crippen molar-refractivity contribution in [2.75, 3.05) is 31.1 Å². The van der Waals surface area contributed by atoms with Crippen LogP contribution in [0.5, 0.6) is 0 Å². The first-order valence-electron chi connectivity index (χ1n) is 13.7. The van der Waals surface area contributed by atoms with Crippen molar-refractivity contribution in [1.82, 2.24) is 9.88 Å². The molecule has 0 saturated carbocycles. The molecule has 3 heterocycles. The fraction of sp³-hybridized carbons (Fsp3) is 0.484. The van der Waals surface area contributed by atoms with Crippen molar-refractivity contribution >= 4 is 22.4 Å². The average molecular weight is 499 g/mol. The zero-order valence-corrected chi connectivity index (χ0v) is 22.0. The lowest BCUT2D eigenvalue weighted by Crippen LogP contribution is -2.48. The van der Waals surface area contributed by atoms with E-state index in [0.29, 0.717) is 24.4 Å². The number of likely N-dealkylation sites (tertiary alicyclic amines) is 1. The van der Waals surface area contributed by atoms with Crippen LogP contribution in [-0.2, 0) is 11.8 Å². The van der Waals surface area contributed by atoms with Crippen LogP contribution in [0.2, 0.25) is 0 Å². The molecule has 1 aliphatic carbocycles. The van der Waals surface area contributed by atoms with Gasteiger partial charge in [-0.2, -0.15) is 5.26 Å². The molecule has 37 heavy (non-hydrogen) atoms. The van der Waals surface area contributed by atoms with Crippen LogP contribution in [0.1, 0.15) is 84.8 Å². The average Bonchev–Trinajstić information content (AvgIpc) is 3.32. The summed E-state index contributed by atoms with van der Waals surface area (Å²) in [6, 6.07) is 12.7. The maximum atomic E-state index is 13.9. The SMILES string of the molecule is CCc1cc2c(cc1N1CCC(N3CCC(F)CC3)CC1)C(C)(C)c1[nH]c3cc(C#N)ccc3c1C2=O. The van der Waals surface area contributed by atoms with Gasteiger partial charge in [-0.1, -0.05) is 26.8 Å². The summed E-state index contributed by atoms with van der Waals surface area (Å²) >= 11 is 0. The first-order chi connectivity index (χ1) is 17.8. The molecular formula is C31H35FN4O. The zero-order valence-electron chi connectivity index (χ0n) is 22.0. The van der Waals surface area contributed by atoms with Gasteiger partial charge in [0.1, 0.15) is 6.17 Å². The Morgan fingerprint density at radius 2 is 1.81 bits per heavy atom. The number of alkyl halides is 1. The van der Waals surface area contributed by atoms with Crippen LogP contribution in [0.4, 0.5) is 10.1 Å². The summed E-state index contributed by atoms with van der Waals surface area (Å²) < 4.78 is 13.6. The highest BCUT2D eigenvalue weighted by Crippen LogP contribution is 2.46. The standard InChI is InChI=1S/C31H35FN4O/c1-4-20-16-24-25(17-27(20)36-13-9-22(10-14-36)35-11-7-21(32)8-12-35)31(2,3)30-28(29(24)37)23-6-5-19(18-33)15-26(23)34-30/h5-6,15-17,21-22,34H,4,7-14H2,1-3H3. The molecule has 0 unspecified atom stereocenters. The molecule has 2 aliphatic heterocycles. The molecule has 0 radical (unpaired) electrons. The van der Waals surface area contributed by atoms with Crippen LogP contribution in [0.15, 0.2) is 30.3 Å². The number of benzene rings is 2. The summed E-state index contributed by atoms with van der Waals surface area (Å²) in [5, 5.41) is 10.2. The number of ketones is 1. The summed E-state index contributed by atoms with van der Waals surface area (Å²) in [5.74, 6) is 0.0662. The number of rotatable bonds is 3. The van der Waals surface area contributed by atoms with E-state index in [-0.39, 0.29) is 11.2 Å². The van der Waals surface area contributed by atoms with E-state index in [2.05, 4.69) is 53.8 Å². The van der Waals surface area contributed by atoms with E-state index >= 15 is 0 Å². The molecule has 3 aromatic rings. The first-order valence-corrected chi connectivity index (χ1v) is 13.7. The number of piperidine rings is 2. The fourth-order valence-corrected chi connectivity index (χ4v) is 6.86. The van der Waals surface area contributed by atoms with Crippen molar-refractivity contribution in [3.05, 3.63) is 63.8 Å². The van der Waals surface area contributed by atoms with Gasteiger partial charge in [0.25, 0.3) is 0 Å². The molecule has 2 fully saturated rings. The summed E-state index contributed by atoms with van der Waals surface area (Å²) in [6.07, 6.45) is 3.76. The Kier molecular flexibility index (Phi) is 5.88. The highest BCUT2D eigenvalue weighted by atomic mass is 19.1. The minimum Gasteiger partial charge on any atom is -0.371 e. The van der Waals surface area contributed by atoms with Crippen molar-refractivity contribution in [1.29, 1.82) is 5.26 Å². The third-order valence-corrected chi connectivity index (χ3v) is 9.08. The van der Waals surface area contributed by atoms with Gasteiger partial charge >= 0.3 is 0 Å². The lowest BCUT2D eigenvalue weighted by atomic mass is 9.70. The monoisotopic (exact) mass is 498 g/mol. The van der Waals surface area contributed by atoms with Crippen LogP contribution < -0.4 is 4.90 Å². The predicted octanol–water partition coefficient (Wildman–Crippen LogP) is 5.87. The largest absolute Gasteiger partial charge is 0.371 e. The highest BCUT2D eigenvalue weighted by Gasteiger charge is 2.41. The molecule has 6 heteroatoms. The molecule has 6 rings (SSSR count). The number of anilines is 1. The minimum absolute atomic E-state index is 0.0662. The number of H-pyrrole nitrogens is 1. The lowest BCUT2D eigenvalue weighted by Gasteiger charge is -2.42. The fourth-order valence-electron chi connectivity index (χ4n) is 6.86. The van der Waals surface area contributed by atoms with Crippen molar-refractivity contribution < 1.29 is 9.18 Å². The van der Waals surface area contributed by atoms with E-state index in [1.165, 1.54) is 11.3 Å². The van der Waals surface area contributed by atoms with Crippen LogP contribution in [0, 0.1) is 11.3 Å². The van der Waals surface area contributed by atoms with Gasteiger partial charge < -0.3 is 14.8 Å². The zero-order chi connectivity index (χ0) is 25.9. The molecule has 2 saturated heterocycles. The third-order valence-electron chi connectivity index (χ3n) is 9.08. The normalized spacial score (nSPS) is 20.6. The Labute approximate surface area is 218 Å². The number of aromatic nitrogens is 1. The molecule has 192 valence electrons. The second-order valence-electron chi connectivity index (χ2n) is 11.5. The van der Waals surface area contributed by atoms with Gasteiger partial charge in [0, 0.05) is 65.5 Å². The topological polar surface area (TPSA) is 63.1 Å². The van der Waals surface area contributed by atoms with Crippen LogP contribution in [0.25, 0.3) is 10.9 Å². The van der Waals surface area contributed by atoms with Gasteiger partial charge in [-0.3, -0.25) is 4.79 Å². The van der Waals surface area contributed by atoms with Gasteiger partial charge in [0.15, 0.2) is 5.78 Å². The second-order valence-corrected chi connectivity index (χ2v) is 11.5. The van der Waals surface area contributed by atoms with Gasteiger partial charge in [-0.05, 0) is 67.5 Å². The second kappa shape index (κ2) is 8.99. The Bertz CT molecular complexity index is 1420. The minimum atomic E-state index is -0.629. The maximum absolute atomic E-state index is 13.9. The van der Waals surface area contributed by atoms with E-state index in [1.54, 1.807) is 6.07 Å². The molecule has 0 spiro atoms. The van der Waals surface area contributed by atoms with Crippen LogP contribution in [0.3, 0.4) is 0 Å². The predicted molar refractivity (Wildman–Crippen MR) is 145 cm³/mol. The Hall–Kier alpha value is -3.17. The molecule has 3 aliphatic rings. The number of carbonyl (C=O) groups is 1. The number of carbonyl (C=O) groups excluding carboxylic acids is 1. The summed E-state index contributed by atoms with van der Waals surface area (Å²) in [7, 11) is 0. The molecule has 1 N–H and O–H groups in total. The number of hydrogen-bond donors (Lipinski definition) is 1. The molecular weight excluding hydrogens is 463 g/mol. The summed E-state index contributed by atoms with van der Waals surface area (Å²) in [4.78, 5) is 22.4. The van der Waals surface area contributed by atoms with Crippen LogP contribution in [-0.4, -0.2) is 54.1 Å². The van der Waals surface area contributed by atoms with Crippen molar-refractivity contribution in [2.24, 2.45) is 0 Å². The number of hydrogen-bond acceptors (Lipinski definition) is 4. The Balaban J connectivity index is 1.34. The highest BCUT2D eigenvalue weighted by molar-refractivity contribution is 6.20. The van der Waals surface area contributed by atoms with Gasteiger partial charge in [-0.15, -0.1) is 0 Å². The van der Waals surface area contributed by atoms with E-state index in [0.717, 1.165) is 78.7 Å². The van der Waals surface area contributed by atoms with Crippen LogP contribution >= 0.6 is 0 Å². The van der Waals surface area contributed by atoms with Crippen molar-refractivity contribution in [2.45, 2.75) is 70.5 Å². The number of aryl methyl sites for hydroxylation is 1. The number of halogens is 1. The summed E-state index contributed by atoms with van der Waals surface area (Å²) in [6.45, 7) is 10.3. The number of nitriles is 1. The van der Waals surface area contributed by atoms with Gasteiger partial charge in [0.05, 0.1) is 17.2 Å². The number of nitrogens with one attached hydrogen (secondary N) is 1. The van der Waals surface area contributed by atoms with E-state index < -0.39 is 6.17 Å². The Morgan fingerprint density at radius 1 is 1.08 bits per heavy atom. The van der Waals surface area contributed by atoms with Gasteiger partial charge in [-0.25, -0.2) is 4.39 Å². The number of nitrogens with zero attached hydrogens (tertiary/aromatic N) is 3. The number of aromatic amines is 1. The third kappa shape index (κ3) is 3.87. The molecule has 0 bridgehead atoms. The molecule has 0 atom stereocenters. The maximum Gasteiger partial charge on any atom is 0.195 e. The van der Waals surface area contributed by atoms with E-state index in [4.69, 9.17) is 0 Å². The molecule has 2 aromatic carbocycles. The quantitative estimate of drug-likeness (QED) is 0.490.